The van der Waals surface area contributed by atoms with Crippen LogP contribution < -0.4 is 5.32 Å². The number of hydrogen-bond acceptors (Lipinski definition) is 2. The highest BCUT2D eigenvalue weighted by molar-refractivity contribution is 5.84. The molecule has 3 heteroatoms. The first-order valence-electron chi connectivity index (χ1n) is 4.69. The molecule has 14 heavy (non-hydrogen) atoms. The zero-order valence-electron chi connectivity index (χ0n) is 8.12. The number of ether oxygens (including phenoxy) is 1. The van der Waals surface area contributed by atoms with Gasteiger partial charge in [0.2, 0.25) is 5.91 Å². The first kappa shape index (κ1) is 9.21. The topological polar surface area (TPSA) is 38.3 Å². The minimum Gasteiger partial charge on any atom is -0.360 e. The standard InChI is InChI=1S/C11H13NO2/c1-8-2-4-9(5-3-8)10-6-14-7-12-11(10)13/h2-5,10H,6-7H2,1H3,(H,12,13). The zero-order chi connectivity index (χ0) is 9.97. The lowest BCUT2D eigenvalue weighted by Gasteiger charge is -2.22. The number of aryl methyl sites for hydroxylation is 1. The Morgan fingerprint density at radius 2 is 2.07 bits per heavy atom. The maximum Gasteiger partial charge on any atom is 0.231 e. The molecule has 1 aliphatic rings. The number of rotatable bonds is 1. The summed E-state index contributed by atoms with van der Waals surface area (Å²) in [5.41, 5.74) is 2.22. The molecule has 0 aromatic heterocycles. The third kappa shape index (κ3) is 1.77. The van der Waals surface area contributed by atoms with E-state index in [0.717, 1.165) is 5.56 Å². The van der Waals surface area contributed by atoms with Crippen LogP contribution in [0.25, 0.3) is 0 Å². The van der Waals surface area contributed by atoms with Crippen molar-refractivity contribution in [1.29, 1.82) is 0 Å². The molecule has 1 aromatic rings. The fourth-order valence-corrected chi connectivity index (χ4v) is 1.54. The van der Waals surface area contributed by atoms with Gasteiger partial charge in [-0.2, -0.15) is 0 Å². The molecule has 1 fully saturated rings. The monoisotopic (exact) mass is 191 g/mol. The average Bonchev–Trinajstić information content (AvgIpc) is 2.20. The van der Waals surface area contributed by atoms with Crippen molar-refractivity contribution in [2.24, 2.45) is 0 Å². The second kappa shape index (κ2) is 3.80. The molecule has 0 aliphatic carbocycles. The van der Waals surface area contributed by atoms with E-state index in [9.17, 15) is 4.79 Å². The molecule has 74 valence electrons. The summed E-state index contributed by atoms with van der Waals surface area (Å²) in [6.45, 7) is 2.84. The van der Waals surface area contributed by atoms with Crippen LogP contribution in [0.3, 0.4) is 0 Å². The summed E-state index contributed by atoms with van der Waals surface area (Å²) in [6.07, 6.45) is 0. The molecule has 1 amide bonds. The van der Waals surface area contributed by atoms with Crippen molar-refractivity contribution in [3.05, 3.63) is 35.4 Å². The maximum absolute atomic E-state index is 11.5. The fourth-order valence-electron chi connectivity index (χ4n) is 1.54. The van der Waals surface area contributed by atoms with Crippen LogP contribution in [0.1, 0.15) is 17.0 Å². The Morgan fingerprint density at radius 1 is 1.36 bits per heavy atom. The van der Waals surface area contributed by atoms with E-state index >= 15 is 0 Å². The highest BCUT2D eigenvalue weighted by atomic mass is 16.5. The molecule has 0 radical (unpaired) electrons. The Balaban J connectivity index is 2.20. The molecule has 3 nitrogen and oxygen atoms in total. The predicted molar refractivity (Wildman–Crippen MR) is 52.9 cm³/mol. The first-order valence-corrected chi connectivity index (χ1v) is 4.69. The second-order valence-electron chi connectivity index (χ2n) is 3.52. The Morgan fingerprint density at radius 3 is 2.71 bits per heavy atom. The SMILES string of the molecule is Cc1ccc(C2COCNC2=O)cc1. The third-order valence-corrected chi connectivity index (χ3v) is 2.43. The van der Waals surface area contributed by atoms with Crippen LogP contribution in [0, 0.1) is 6.92 Å². The van der Waals surface area contributed by atoms with Crippen LogP contribution in [0.5, 0.6) is 0 Å². The molecular weight excluding hydrogens is 178 g/mol. The fraction of sp³-hybridized carbons (Fsp3) is 0.364. The van der Waals surface area contributed by atoms with E-state index in [1.807, 2.05) is 31.2 Å². The third-order valence-electron chi connectivity index (χ3n) is 2.43. The van der Waals surface area contributed by atoms with Crippen molar-refractivity contribution in [3.8, 4) is 0 Å². The summed E-state index contributed by atoms with van der Waals surface area (Å²) in [7, 11) is 0. The van der Waals surface area contributed by atoms with Gasteiger partial charge in [-0.05, 0) is 12.5 Å². The van der Waals surface area contributed by atoms with Crippen LogP contribution in [0.15, 0.2) is 24.3 Å². The van der Waals surface area contributed by atoms with Gasteiger partial charge in [0.1, 0.15) is 6.73 Å². The molecule has 0 saturated carbocycles. The summed E-state index contributed by atoms with van der Waals surface area (Å²) in [4.78, 5) is 11.5. The van der Waals surface area contributed by atoms with Crippen LogP contribution in [0.4, 0.5) is 0 Å². The van der Waals surface area contributed by atoms with E-state index in [1.165, 1.54) is 5.56 Å². The van der Waals surface area contributed by atoms with Gasteiger partial charge < -0.3 is 10.1 Å². The molecular formula is C11H13NO2. The Kier molecular flexibility index (Phi) is 2.50. The molecule has 1 aromatic carbocycles. The highest BCUT2D eigenvalue weighted by Gasteiger charge is 2.23. The molecule has 1 saturated heterocycles. The van der Waals surface area contributed by atoms with E-state index in [1.54, 1.807) is 0 Å². The van der Waals surface area contributed by atoms with Crippen molar-refractivity contribution in [2.75, 3.05) is 13.3 Å². The minimum absolute atomic E-state index is 0.0557. The van der Waals surface area contributed by atoms with Crippen molar-refractivity contribution in [2.45, 2.75) is 12.8 Å². The molecule has 1 N–H and O–H groups in total. The maximum atomic E-state index is 11.5. The summed E-state index contributed by atoms with van der Waals surface area (Å²) in [6, 6.07) is 7.98. The van der Waals surface area contributed by atoms with Crippen molar-refractivity contribution < 1.29 is 9.53 Å². The van der Waals surface area contributed by atoms with Gasteiger partial charge in [0, 0.05) is 0 Å². The minimum atomic E-state index is -0.149. The summed E-state index contributed by atoms with van der Waals surface area (Å²) >= 11 is 0. The van der Waals surface area contributed by atoms with E-state index in [-0.39, 0.29) is 11.8 Å². The Hall–Kier alpha value is -1.35. The highest BCUT2D eigenvalue weighted by Crippen LogP contribution is 2.18. The quantitative estimate of drug-likeness (QED) is 0.724. The van der Waals surface area contributed by atoms with Crippen LogP contribution >= 0.6 is 0 Å². The number of nitrogens with one attached hydrogen (secondary N) is 1. The molecule has 1 heterocycles. The number of amides is 1. The molecule has 2 rings (SSSR count). The van der Waals surface area contributed by atoms with Gasteiger partial charge in [-0.25, -0.2) is 0 Å². The summed E-state index contributed by atoms with van der Waals surface area (Å²) < 4.78 is 5.21. The Labute approximate surface area is 83.1 Å². The number of carbonyl (C=O) groups is 1. The van der Waals surface area contributed by atoms with Crippen molar-refractivity contribution in [3.63, 3.8) is 0 Å². The van der Waals surface area contributed by atoms with Crippen LogP contribution in [-0.2, 0) is 9.53 Å². The van der Waals surface area contributed by atoms with Gasteiger partial charge in [0.25, 0.3) is 0 Å². The molecule has 0 bridgehead atoms. The lowest BCUT2D eigenvalue weighted by Crippen LogP contribution is -2.39. The summed E-state index contributed by atoms with van der Waals surface area (Å²) in [5.74, 6) is -0.0931. The second-order valence-corrected chi connectivity index (χ2v) is 3.52. The van der Waals surface area contributed by atoms with E-state index in [2.05, 4.69) is 5.32 Å². The first-order chi connectivity index (χ1) is 6.77. The Bertz CT molecular complexity index is 332. The zero-order valence-corrected chi connectivity index (χ0v) is 8.12. The van der Waals surface area contributed by atoms with Gasteiger partial charge in [-0.3, -0.25) is 4.79 Å². The lowest BCUT2D eigenvalue weighted by molar-refractivity contribution is -0.130. The van der Waals surface area contributed by atoms with Gasteiger partial charge in [-0.1, -0.05) is 29.8 Å². The largest absolute Gasteiger partial charge is 0.360 e. The van der Waals surface area contributed by atoms with E-state index in [4.69, 9.17) is 4.74 Å². The van der Waals surface area contributed by atoms with Gasteiger partial charge in [-0.15, -0.1) is 0 Å². The lowest BCUT2D eigenvalue weighted by atomic mass is 9.97. The van der Waals surface area contributed by atoms with Crippen molar-refractivity contribution >= 4 is 5.91 Å². The smallest absolute Gasteiger partial charge is 0.231 e. The van der Waals surface area contributed by atoms with Gasteiger partial charge in [0.15, 0.2) is 0 Å². The van der Waals surface area contributed by atoms with E-state index < -0.39 is 0 Å². The van der Waals surface area contributed by atoms with Crippen LogP contribution in [-0.4, -0.2) is 19.2 Å². The molecule has 0 spiro atoms. The molecule has 1 aliphatic heterocycles. The van der Waals surface area contributed by atoms with Crippen LogP contribution in [0.2, 0.25) is 0 Å². The normalized spacial score (nSPS) is 21.8. The van der Waals surface area contributed by atoms with Gasteiger partial charge in [0.05, 0.1) is 12.5 Å². The van der Waals surface area contributed by atoms with Gasteiger partial charge >= 0.3 is 0 Å². The van der Waals surface area contributed by atoms with Crippen molar-refractivity contribution in [1.82, 2.24) is 5.32 Å². The predicted octanol–water partition coefficient (Wildman–Crippen LogP) is 1.18. The average molecular weight is 191 g/mol. The number of benzene rings is 1. The number of carbonyl (C=O) groups excluding carboxylic acids is 1. The molecule has 1 atom stereocenters. The number of hydrogen-bond donors (Lipinski definition) is 1. The summed E-state index contributed by atoms with van der Waals surface area (Å²) in [5, 5.41) is 2.68. The molecule has 1 unspecified atom stereocenters. The van der Waals surface area contributed by atoms with E-state index in [0.29, 0.717) is 13.3 Å².